The number of aromatic amines is 1. The van der Waals surface area contributed by atoms with Gasteiger partial charge in [0.25, 0.3) is 0 Å². The van der Waals surface area contributed by atoms with Crippen LogP contribution in [0.2, 0.25) is 0 Å². The lowest BCUT2D eigenvalue weighted by Gasteiger charge is -2.18. The van der Waals surface area contributed by atoms with Crippen LogP contribution in [-0.2, 0) is 13.6 Å². The maximum Gasteiger partial charge on any atom is 0.361 e. The van der Waals surface area contributed by atoms with Gasteiger partial charge in [0, 0.05) is 17.1 Å². The van der Waals surface area contributed by atoms with E-state index in [-0.39, 0.29) is 18.9 Å². The Bertz CT molecular complexity index is 865. The lowest BCUT2D eigenvalue weighted by Crippen LogP contribution is -2.12. The van der Waals surface area contributed by atoms with Gasteiger partial charge in [0.05, 0.1) is 24.2 Å². The molecule has 0 aliphatic rings. The van der Waals surface area contributed by atoms with Crippen LogP contribution in [0.3, 0.4) is 0 Å². The Morgan fingerprint density at radius 1 is 1.29 bits per heavy atom. The van der Waals surface area contributed by atoms with E-state index in [0.717, 1.165) is 5.39 Å². The van der Waals surface area contributed by atoms with Gasteiger partial charge < -0.3 is 14.0 Å². The summed E-state index contributed by atoms with van der Waals surface area (Å²) in [5.74, 6) is 0. The topological polar surface area (TPSA) is 123 Å². The van der Waals surface area contributed by atoms with Gasteiger partial charge >= 0.3 is 7.60 Å². The number of anilines is 1. The van der Waals surface area contributed by atoms with Crippen LogP contribution in [0.15, 0.2) is 29.5 Å². The van der Waals surface area contributed by atoms with Gasteiger partial charge in [-0.15, -0.1) is 0 Å². The number of hydrogen-bond acceptors (Lipinski definition) is 7. The van der Waals surface area contributed by atoms with Gasteiger partial charge in [-0.3, -0.25) is 9.99 Å². The van der Waals surface area contributed by atoms with E-state index in [0.29, 0.717) is 16.5 Å². The van der Waals surface area contributed by atoms with Gasteiger partial charge in [0.2, 0.25) is 5.71 Å². The second-order valence-electron chi connectivity index (χ2n) is 4.56. The molecule has 0 aliphatic carbocycles. The number of benzene rings is 1. The molecule has 2 N–H and O–H groups in total. The van der Waals surface area contributed by atoms with Crippen LogP contribution < -0.4 is 10.7 Å². The van der Waals surface area contributed by atoms with Crippen molar-refractivity contribution in [3.05, 3.63) is 24.4 Å². The lowest BCUT2D eigenvalue weighted by atomic mass is 10.2. The number of fused-ring (bicyclic) bond motifs is 1. The average molecular weight is 345 g/mol. The molecule has 8 nitrogen and oxygen atoms in total. The van der Waals surface area contributed by atoms with Crippen LogP contribution >= 0.6 is 7.60 Å². The molecule has 0 bridgehead atoms. The van der Waals surface area contributed by atoms with Crippen molar-refractivity contribution >= 4 is 35.2 Å². The van der Waals surface area contributed by atoms with Crippen molar-refractivity contribution in [1.29, 1.82) is 10.5 Å². The molecule has 2 rings (SSSR count). The van der Waals surface area contributed by atoms with Crippen molar-refractivity contribution in [1.82, 2.24) is 4.98 Å². The third-order valence-corrected chi connectivity index (χ3v) is 5.15. The normalized spacial score (nSPS) is 10.8. The van der Waals surface area contributed by atoms with Crippen molar-refractivity contribution in [2.75, 3.05) is 18.6 Å². The van der Waals surface area contributed by atoms with E-state index in [1.165, 1.54) is 0 Å². The van der Waals surface area contributed by atoms with E-state index in [2.05, 4.69) is 15.5 Å². The largest absolute Gasteiger partial charge is 0.361 e. The summed E-state index contributed by atoms with van der Waals surface area (Å²) in [5, 5.41) is 22.4. The monoisotopic (exact) mass is 345 g/mol. The maximum atomic E-state index is 13.0. The quantitative estimate of drug-likeness (QED) is 0.452. The number of nitrogens with one attached hydrogen (secondary N) is 2. The number of rotatable bonds is 7. The standard InChI is InChI=1S/C15H16N5O3P/c1-3-22-24(21,23-4-2)12-7-14-13(5-6-18-14)15(8-12)20-19-11(9-16)10-17/h5-8,18,20H,3-4H2,1-2H3. The first-order valence-electron chi connectivity index (χ1n) is 7.22. The predicted octanol–water partition coefficient (Wildman–Crippen LogP) is 2.87. The molecule has 124 valence electrons. The molecule has 2 aromatic rings. The van der Waals surface area contributed by atoms with E-state index in [1.54, 1.807) is 50.4 Å². The highest BCUT2D eigenvalue weighted by atomic mass is 31.2. The number of nitrogens with zero attached hydrogens (tertiary/aromatic N) is 3. The van der Waals surface area contributed by atoms with Gasteiger partial charge in [0.1, 0.15) is 12.1 Å². The van der Waals surface area contributed by atoms with E-state index in [1.807, 2.05) is 0 Å². The van der Waals surface area contributed by atoms with Crippen molar-refractivity contribution in [3.63, 3.8) is 0 Å². The minimum atomic E-state index is -3.48. The number of hydrazone groups is 1. The van der Waals surface area contributed by atoms with Crippen molar-refractivity contribution in [3.8, 4) is 12.1 Å². The zero-order valence-corrected chi connectivity index (χ0v) is 14.1. The SMILES string of the molecule is CCOP(=O)(OCC)c1cc(NN=C(C#N)C#N)c2cc[nH]c2c1. The predicted molar refractivity (Wildman–Crippen MR) is 91.1 cm³/mol. The Hall–Kier alpha value is -2.64. The fourth-order valence-corrected chi connectivity index (χ4v) is 3.75. The second kappa shape index (κ2) is 7.76. The lowest BCUT2D eigenvalue weighted by molar-refractivity contribution is 0.230. The first-order valence-corrected chi connectivity index (χ1v) is 8.77. The van der Waals surface area contributed by atoms with Gasteiger partial charge in [-0.05, 0) is 32.0 Å². The smallest absolute Gasteiger partial charge is 0.361 e. The van der Waals surface area contributed by atoms with Crippen LogP contribution in [0.5, 0.6) is 0 Å². The zero-order valence-electron chi connectivity index (χ0n) is 13.2. The Kier molecular flexibility index (Phi) is 5.73. The summed E-state index contributed by atoms with van der Waals surface area (Å²) in [5.41, 5.74) is 3.52. The first kappa shape index (κ1) is 17.7. The van der Waals surface area contributed by atoms with E-state index >= 15 is 0 Å². The molecular formula is C15H16N5O3P. The Labute approximate surface area is 139 Å². The first-order chi connectivity index (χ1) is 11.6. The third-order valence-electron chi connectivity index (χ3n) is 3.07. The summed E-state index contributed by atoms with van der Waals surface area (Å²) < 4.78 is 23.7. The van der Waals surface area contributed by atoms with Crippen LogP contribution in [0.4, 0.5) is 5.69 Å². The number of aromatic nitrogens is 1. The molecule has 1 aromatic heterocycles. The second-order valence-corrected chi connectivity index (χ2v) is 6.59. The maximum absolute atomic E-state index is 13.0. The van der Waals surface area contributed by atoms with Crippen LogP contribution in [-0.4, -0.2) is 23.9 Å². The molecule has 0 spiro atoms. The minimum absolute atomic E-state index is 0.230. The van der Waals surface area contributed by atoms with E-state index in [9.17, 15) is 4.57 Å². The summed E-state index contributed by atoms with van der Waals surface area (Å²) in [6, 6.07) is 8.39. The summed E-state index contributed by atoms with van der Waals surface area (Å²) in [6.45, 7) is 3.92. The van der Waals surface area contributed by atoms with Crippen molar-refractivity contribution in [2.45, 2.75) is 13.8 Å². The Morgan fingerprint density at radius 2 is 1.96 bits per heavy atom. The van der Waals surface area contributed by atoms with Gasteiger partial charge in [-0.1, -0.05) is 0 Å². The molecule has 9 heteroatoms. The van der Waals surface area contributed by atoms with Crippen LogP contribution in [0.25, 0.3) is 10.9 Å². The molecule has 0 aliphatic heterocycles. The molecule has 24 heavy (non-hydrogen) atoms. The third kappa shape index (κ3) is 3.64. The number of hydrogen-bond donors (Lipinski definition) is 2. The molecule has 0 atom stereocenters. The molecule has 0 saturated carbocycles. The average Bonchev–Trinajstić information content (AvgIpc) is 3.04. The molecule has 0 unspecified atom stereocenters. The van der Waals surface area contributed by atoms with Crippen LogP contribution in [0.1, 0.15) is 13.8 Å². The molecule has 1 aromatic carbocycles. The molecule has 0 radical (unpaired) electrons. The summed E-state index contributed by atoms with van der Waals surface area (Å²) in [4.78, 5) is 3.02. The van der Waals surface area contributed by atoms with Gasteiger partial charge in [-0.2, -0.15) is 15.6 Å². The summed E-state index contributed by atoms with van der Waals surface area (Å²) in [7, 11) is -3.48. The Balaban J connectivity index is 2.54. The van der Waals surface area contributed by atoms with E-state index < -0.39 is 7.60 Å². The highest BCUT2D eigenvalue weighted by Gasteiger charge is 2.28. The van der Waals surface area contributed by atoms with Crippen molar-refractivity contribution < 1.29 is 13.6 Å². The molecule has 0 fully saturated rings. The molecular weight excluding hydrogens is 329 g/mol. The highest BCUT2D eigenvalue weighted by molar-refractivity contribution is 7.62. The Morgan fingerprint density at radius 3 is 2.54 bits per heavy atom. The minimum Gasteiger partial charge on any atom is -0.361 e. The van der Waals surface area contributed by atoms with Crippen molar-refractivity contribution in [2.24, 2.45) is 5.10 Å². The van der Waals surface area contributed by atoms with Gasteiger partial charge in [0.15, 0.2) is 0 Å². The van der Waals surface area contributed by atoms with Crippen LogP contribution in [0, 0.1) is 22.7 Å². The number of H-pyrrole nitrogens is 1. The van der Waals surface area contributed by atoms with Gasteiger partial charge in [-0.25, -0.2) is 0 Å². The summed E-state index contributed by atoms with van der Waals surface area (Å²) >= 11 is 0. The number of nitriles is 2. The highest BCUT2D eigenvalue weighted by Crippen LogP contribution is 2.47. The fraction of sp³-hybridized carbons (Fsp3) is 0.267. The van der Waals surface area contributed by atoms with E-state index in [4.69, 9.17) is 19.6 Å². The fourth-order valence-electron chi connectivity index (χ4n) is 2.12. The zero-order chi connectivity index (χ0) is 17.6. The molecule has 0 saturated heterocycles. The summed E-state index contributed by atoms with van der Waals surface area (Å²) in [6.07, 6.45) is 1.71. The molecule has 0 amide bonds. The molecule has 1 heterocycles.